The summed E-state index contributed by atoms with van der Waals surface area (Å²) in [6.07, 6.45) is 1.84. The molecule has 5 nitrogen and oxygen atoms in total. The fourth-order valence-electron chi connectivity index (χ4n) is 2.79. The minimum Gasteiger partial charge on any atom is -0.492 e. The van der Waals surface area contributed by atoms with Crippen LogP contribution in [0.5, 0.6) is 5.75 Å². The third kappa shape index (κ3) is 6.20. The Morgan fingerprint density at radius 3 is 3.00 bits per heavy atom. The maximum Gasteiger partial charge on any atom is 0.223 e. The van der Waals surface area contributed by atoms with Gasteiger partial charge in [0, 0.05) is 25.0 Å². The average Bonchev–Trinajstić information content (AvgIpc) is 2.52. The molecular formula is C18H29N3O2. The number of piperidine rings is 1. The van der Waals surface area contributed by atoms with E-state index in [1.54, 1.807) is 0 Å². The first-order valence-corrected chi connectivity index (χ1v) is 8.42. The van der Waals surface area contributed by atoms with Crippen LogP contribution < -0.4 is 15.4 Å². The number of hydrogen-bond donors (Lipinski definition) is 2. The van der Waals surface area contributed by atoms with Gasteiger partial charge in [0.25, 0.3) is 0 Å². The Balaban J connectivity index is 1.79. The summed E-state index contributed by atoms with van der Waals surface area (Å²) in [4.78, 5) is 14.4. The van der Waals surface area contributed by atoms with Crippen molar-refractivity contribution in [3.63, 3.8) is 0 Å². The summed E-state index contributed by atoms with van der Waals surface area (Å²) in [6.45, 7) is 5.16. The van der Waals surface area contributed by atoms with E-state index in [-0.39, 0.29) is 11.8 Å². The van der Waals surface area contributed by atoms with E-state index in [1.807, 2.05) is 38.4 Å². The molecule has 0 bridgehead atoms. The molecule has 1 aromatic rings. The molecule has 1 heterocycles. The van der Waals surface area contributed by atoms with Gasteiger partial charge in [0.05, 0.1) is 0 Å². The lowest BCUT2D eigenvalue weighted by molar-refractivity contribution is -0.126. The van der Waals surface area contributed by atoms with Crippen LogP contribution in [0.2, 0.25) is 0 Å². The zero-order chi connectivity index (χ0) is 16.7. The van der Waals surface area contributed by atoms with Crippen molar-refractivity contribution in [2.45, 2.75) is 32.4 Å². The van der Waals surface area contributed by atoms with E-state index in [9.17, 15) is 4.79 Å². The summed E-state index contributed by atoms with van der Waals surface area (Å²) in [5.74, 6) is 1.15. The first kappa shape index (κ1) is 17.8. The summed E-state index contributed by atoms with van der Waals surface area (Å²) in [5, 5.41) is 6.44. The molecule has 0 spiro atoms. The number of nitrogens with zero attached hydrogens (tertiary/aromatic N) is 1. The number of carbonyl (C=O) groups excluding carboxylic acids is 1. The third-order valence-corrected chi connectivity index (χ3v) is 4.17. The van der Waals surface area contributed by atoms with Crippen LogP contribution in [0.25, 0.3) is 0 Å². The molecule has 1 saturated heterocycles. The highest BCUT2D eigenvalue weighted by molar-refractivity contribution is 5.78. The molecule has 1 amide bonds. The van der Waals surface area contributed by atoms with Crippen LogP contribution in [-0.4, -0.2) is 50.6 Å². The van der Waals surface area contributed by atoms with Gasteiger partial charge in [0.15, 0.2) is 0 Å². The van der Waals surface area contributed by atoms with Crippen LogP contribution in [-0.2, 0) is 11.3 Å². The van der Waals surface area contributed by atoms with Gasteiger partial charge in [-0.2, -0.15) is 0 Å². The fourth-order valence-corrected chi connectivity index (χ4v) is 2.79. The second kappa shape index (κ2) is 8.89. The molecule has 1 fully saturated rings. The zero-order valence-corrected chi connectivity index (χ0v) is 14.5. The predicted molar refractivity (Wildman–Crippen MR) is 92.5 cm³/mol. The van der Waals surface area contributed by atoms with Gasteiger partial charge in [-0.15, -0.1) is 0 Å². The van der Waals surface area contributed by atoms with Gasteiger partial charge in [-0.05, 0) is 58.1 Å². The smallest absolute Gasteiger partial charge is 0.223 e. The molecular weight excluding hydrogens is 290 g/mol. The molecule has 23 heavy (non-hydrogen) atoms. The lowest BCUT2D eigenvalue weighted by atomic mass is 9.92. The van der Waals surface area contributed by atoms with Crippen molar-refractivity contribution in [1.29, 1.82) is 0 Å². The molecule has 2 N–H and O–H groups in total. The summed E-state index contributed by atoms with van der Waals surface area (Å²) >= 11 is 0. The Hall–Kier alpha value is -1.59. The topological polar surface area (TPSA) is 53.6 Å². The first-order chi connectivity index (χ1) is 11.0. The Morgan fingerprint density at radius 1 is 1.43 bits per heavy atom. The molecule has 2 rings (SSSR count). The standard InChI is InChI=1S/C18H29N3O2/c1-14-11-16(7-8-19-14)18(22)20-13-15-5-4-6-17(12-15)23-10-9-21(2)3/h4-6,12,14,16,19H,7-11,13H2,1-3H3,(H,20,22)/t14-,16-/m0/s1. The van der Waals surface area contributed by atoms with Crippen molar-refractivity contribution >= 4 is 5.91 Å². The second-order valence-corrected chi connectivity index (χ2v) is 6.59. The van der Waals surface area contributed by atoms with E-state index in [1.165, 1.54) is 0 Å². The van der Waals surface area contributed by atoms with Gasteiger partial charge in [-0.1, -0.05) is 12.1 Å². The van der Waals surface area contributed by atoms with Gasteiger partial charge < -0.3 is 20.3 Å². The van der Waals surface area contributed by atoms with Crippen molar-refractivity contribution in [3.05, 3.63) is 29.8 Å². The molecule has 1 aliphatic heterocycles. The minimum atomic E-state index is 0.130. The average molecular weight is 319 g/mol. The third-order valence-electron chi connectivity index (χ3n) is 4.17. The van der Waals surface area contributed by atoms with Crippen LogP contribution in [0.15, 0.2) is 24.3 Å². The number of likely N-dealkylation sites (N-methyl/N-ethyl adjacent to an activating group) is 1. The van der Waals surface area contributed by atoms with E-state index >= 15 is 0 Å². The summed E-state index contributed by atoms with van der Waals surface area (Å²) in [6, 6.07) is 8.37. The molecule has 128 valence electrons. The molecule has 1 aliphatic rings. The maximum atomic E-state index is 12.3. The van der Waals surface area contributed by atoms with Crippen LogP contribution in [0, 0.1) is 5.92 Å². The lowest BCUT2D eigenvalue weighted by Crippen LogP contribution is -2.42. The highest BCUT2D eigenvalue weighted by Gasteiger charge is 2.24. The number of benzene rings is 1. The zero-order valence-electron chi connectivity index (χ0n) is 14.5. The number of ether oxygens (including phenoxy) is 1. The van der Waals surface area contributed by atoms with E-state index in [4.69, 9.17) is 4.74 Å². The van der Waals surface area contributed by atoms with Crippen molar-refractivity contribution < 1.29 is 9.53 Å². The largest absolute Gasteiger partial charge is 0.492 e. The van der Waals surface area contributed by atoms with Crippen LogP contribution >= 0.6 is 0 Å². The quantitative estimate of drug-likeness (QED) is 0.802. The second-order valence-electron chi connectivity index (χ2n) is 6.59. The van der Waals surface area contributed by atoms with E-state index in [2.05, 4.69) is 22.5 Å². The van der Waals surface area contributed by atoms with Gasteiger partial charge in [0.1, 0.15) is 12.4 Å². The van der Waals surface area contributed by atoms with Crippen molar-refractivity contribution in [1.82, 2.24) is 15.5 Å². The Labute approximate surface area is 139 Å². The number of rotatable bonds is 7. The summed E-state index contributed by atoms with van der Waals surface area (Å²) < 4.78 is 5.73. The summed E-state index contributed by atoms with van der Waals surface area (Å²) in [7, 11) is 4.05. The highest BCUT2D eigenvalue weighted by Crippen LogP contribution is 2.17. The molecule has 0 unspecified atom stereocenters. The maximum absolute atomic E-state index is 12.3. The van der Waals surface area contributed by atoms with Gasteiger partial charge in [-0.25, -0.2) is 0 Å². The first-order valence-electron chi connectivity index (χ1n) is 8.42. The number of hydrogen-bond acceptors (Lipinski definition) is 4. The van der Waals surface area contributed by atoms with E-state index in [0.717, 1.165) is 37.2 Å². The fraction of sp³-hybridized carbons (Fsp3) is 0.611. The lowest BCUT2D eigenvalue weighted by Gasteiger charge is -2.27. The van der Waals surface area contributed by atoms with E-state index < -0.39 is 0 Å². The monoisotopic (exact) mass is 319 g/mol. The molecule has 2 atom stereocenters. The number of carbonyl (C=O) groups is 1. The SMILES string of the molecule is C[C@H]1C[C@@H](C(=O)NCc2cccc(OCCN(C)C)c2)CCN1. The molecule has 1 aromatic carbocycles. The van der Waals surface area contributed by atoms with Crippen molar-refractivity contribution in [2.75, 3.05) is 33.8 Å². The summed E-state index contributed by atoms with van der Waals surface area (Å²) in [5.41, 5.74) is 1.07. The Morgan fingerprint density at radius 2 is 2.26 bits per heavy atom. The van der Waals surface area contributed by atoms with Crippen molar-refractivity contribution in [3.8, 4) is 5.75 Å². The Bertz CT molecular complexity index is 505. The van der Waals surface area contributed by atoms with Gasteiger partial charge >= 0.3 is 0 Å². The molecule has 0 saturated carbocycles. The molecule has 0 aliphatic carbocycles. The molecule has 5 heteroatoms. The highest BCUT2D eigenvalue weighted by atomic mass is 16.5. The predicted octanol–water partition coefficient (Wildman–Crippen LogP) is 1.63. The van der Waals surface area contributed by atoms with Crippen LogP contribution in [0.4, 0.5) is 0 Å². The van der Waals surface area contributed by atoms with Crippen molar-refractivity contribution in [2.24, 2.45) is 5.92 Å². The van der Waals surface area contributed by atoms with Gasteiger partial charge in [0.2, 0.25) is 5.91 Å². The number of amides is 1. The number of nitrogens with one attached hydrogen (secondary N) is 2. The molecule has 0 aromatic heterocycles. The Kier molecular flexibility index (Phi) is 6.86. The minimum absolute atomic E-state index is 0.130. The normalized spacial score (nSPS) is 21.2. The van der Waals surface area contributed by atoms with E-state index in [0.29, 0.717) is 19.2 Å². The van der Waals surface area contributed by atoms with Crippen LogP contribution in [0.3, 0.4) is 0 Å². The van der Waals surface area contributed by atoms with Gasteiger partial charge in [-0.3, -0.25) is 4.79 Å². The van der Waals surface area contributed by atoms with Crippen LogP contribution in [0.1, 0.15) is 25.3 Å². The molecule has 0 radical (unpaired) electrons.